The smallest absolute Gasteiger partial charge is 0.410 e. The number of hydrogen-bond donors (Lipinski definition) is 0. The summed E-state index contributed by atoms with van der Waals surface area (Å²) in [5.74, 6) is 1.57. The molecule has 1 aliphatic rings. The second-order valence-corrected chi connectivity index (χ2v) is 7.65. The van der Waals surface area contributed by atoms with Crippen LogP contribution in [0, 0.1) is 6.92 Å². The molecular weight excluding hydrogens is 366 g/mol. The topological polar surface area (TPSA) is 48.0 Å². The molecule has 29 heavy (non-hydrogen) atoms. The quantitative estimate of drug-likeness (QED) is 0.632. The summed E-state index contributed by atoms with van der Waals surface area (Å²) in [6.07, 6.45) is 2.28. The first kappa shape index (κ1) is 21.0. The number of piperidine rings is 1. The van der Waals surface area contributed by atoms with Gasteiger partial charge in [0.05, 0.1) is 6.61 Å². The molecule has 0 saturated carbocycles. The molecule has 1 fully saturated rings. The highest BCUT2D eigenvalue weighted by atomic mass is 16.6. The van der Waals surface area contributed by atoms with Crippen molar-refractivity contribution in [3.05, 3.63) is 59.7 Å². The van der Waals surface area contributed by atoms with Gasteiger partial charge >= 0.3 is 6.09 Å². The lowest BCUT2D eigenvalue weighted by Crippen LogP contribution is -2.47. The van der Waals surface area contributed by atoms with Gasteiger partial charge in [-0.3, -0.25) is 0 Å². The van der Waals surface area contributed by atoms with Crippen LogP contribution in [0.3, 0.4) is 0 Å². The van der Waals surface area contributed by atoms with Crippen LogP contribution in [0.15, 0.2) is 48.5 Å². The van der Waals surface area contributed by atoms with E-state index in [1.807, 2.05) is 62.4 Å². The molecule has 5 heteroatoms. The van der Waals surface area contributed by atoms with Crippen molar-refractivity contribution in [1.29, 1.82) is 0 Å². The Kier molecular flexibility index (Phi) is 7.39. The van der Waals surface area contributed by atoms with Gasteiger partial charge in [-0.15, -0.1) is 0 Å². The Morgan fingerprint density at radius 3 is 2.66 bits per heavy atom. The van der Waals surface area contributed by atoms with Gasteiger partial charge in [0.25, 0.3) is 0 Å². The van der Waals surface area contributed by atoms with Gasteiger partial charge in [-0.1, -0.05) is 43.3 Å². The number of likely N-dealkylation sites (tertiary alicyclic amines) is 1. The molecule has 1 aliphatic heterocycles. The fraction of sp³-hybridized carbons (Fsp3) is 0.458. The summed E-state index contributed by atoms with van der Waals surface area (Å²) in [5.41, 5.74) is 2.14. The molecule has 0 spiro atoms. The van der Waals surface area contributed by atoms with Crippen LogP contribution < -0.4 is 9.47 Å². The highest BCUT2D eigenvalue weighted by Crippen LogP contribution is 2.32. The Morgan fingerprint density at radius 1 is 1.14 bits per heavy atom. The number of carbonyl (C=O) groups is 1. The van der Waals surface area contributed by atoms with Gasteiger partial charge in [-0.05, 0) is 43.5 Å². The molecule has 0 bridgehead atoms. The Morgan fingerprint density at radius 2 is 1.93 bits per heavy atom. The second-order valence-electron chi connectivity index (χ2n) is 7.65. The van der Waals surface area contributed by atoms with Crippen LogP contribution in [-0.2, 0) is 11.3 Å². The molecule has 2 aromatic carbocycles. The Bertz CT molecular complexity index is 793. The van der Waals surface area contributed by atoms with E-state index in [9.17, 15) is 4.79 Å². The molecule has 3 rings (SSSR count). The van der Waals surface area contributed by atoms with Crippen LogP contribution >= 0.6 is 0 Å². The largest absolute Gasteiger partial charge is 0.490 e. The predicted octanol–water partition coefficient (Wildman–Crippen LogP) is 5.35. The molecule has 0 aliphatic carbocycles. The van der Waals surface area contributed by atoms with Gasteiger partial charge in [0, 0.05) is 25.4 Å². The van der Waals surface area contributed by atoms with Gasteiger partial charge in [0.2, 0.25) is 0 Å². The van der Waals surface area contributed by atoms with Crippen LogP contribution in [0.25, 0.3) is 0 Å². The zero-order chi connectivity index (χ0) is 20.6. The maximum absolute atomic E-state index is 12.5. The summed E-state index contributed by atoms with van der Waals surface area (Å²) >= 11 is 0. The number of benzene rings is 2. The van der Waals surface area contributed by atoms with Crippen molar-refractivity contribution in [2.24, 2.45) is 0 Å². The zero-order valence-corrected chi connectivity index (χ0v) is 17.6. The number of ether oxygens (including phenoxy) is 3. The zero-order valence-electron chi connectivity index (χ0n) is 17.6. The summed E-state index contributed by atoms with van der Waals surface area (Å²) < 4.78 is 17.6. The monoisotopic (exact) mass is 397 g/mol. The molecule has 0 aromatic heterocycles. The van der Waals surface area contributed by atoms with E-state index in [4.69, 9.17) is 14.2 Å². The molecule has 0 radical (unpaired) electrons. The van der Waals surface area contributed by atoms with E-state index < -0.39 is 0 Å². The molecule has 2 atom stereocenters. The summed E-state index contributed by atoms with van der Waals surface area (Å²) in [6.45, 7) is 7.76. The summed E-state index contributed by atoms with van der Waals surface area (Å²) in [4.78, 5) is 14.3. The minimum absolute atomic E-state index is 0.0508. The lowest BCUT2D eigenvalue weighted by molar-refractivity contribution is 0.0389. The van der Waals surface area contributed by atoms with Crippen molar-refractivity contribution in [3.8, 4) is 11.5 Å². The van der Waals surface area contributed by atoms with Crippen LogP contribution in [0.1, 0.15) is 44.2 Å². The molecule has 2 aromatic rings. The second kappa shape index (κ2) is 10.2. The van der Waals surface area contributed by atoms with Gasteiger partial charge in [-0.25, -0.2) is 4.79 Å². The first-order valence-corrected chi connectivity index (χ1v) is 10.4. The highest BCUT2D eigenvalue weighted by Gasteiger charge is 2.31. The third kappa shape index (κ3) is 5.89. The van der Waals surface area contributed by atoms with E-state index in [0.717, 1.165) is 41.9 Å². The summed E-state index contributed by atoms with van der Waals surface area (Å²) in [6, 6.07) is 15.8. The van der Waals surface area contributed by atoms with Crippen molar-refractivity contribution < 1.29 is 19.0 Å². The standard InChI is InChI=1S/C24H31NO4/c1-4-14-27-23-15-18(2)10-11-22(23)29-21-12-13-25(19(3)16-21)24(26)28-17-20-8-6-5-7-9-20/h5-11,15,19,21H,4,12-14,16-17H2,1-3H3. The molecule has 156 valence electrons. The third-order valence-electron chi connectivity index (χ3n) is 5.12. The van der Waals surface area contributed by atoms with E-state index >= 15 is 0 Å². The normalized spacial score (nSPS) is 18.9. The van der Waals surface area contributed by atoms with Crippen molar-refractivity contribution in [2.75, 3.05) is 13.2 Å². The fourth-order valence-corrected chi connectivity index (χ4v) is 3.53. The van der Waals surface area contributed by atoms with Crippen LogP contribution in [0.2, 0.25) is 0 Å². The third-order valence-corrected chi connectivity index (χ3v) is 5.12. The van der Waals surface area contributed by atoms with Crippen molar-refractivity contribution in [3.63, 3.8) is 0 Å². The minimum atomic E-state index is -0.262. The molecular formula is C24H31NO4. The van der Waals surface area contributed by atoms with E-state index in [2.05, 4.69) is 6.92 Å². The number of hydrogen-bond acceptors (Lipinski definition) is 4. The lowest BCUT2D eigenvalue weighted by atomic mass is 10.0. The average molecular weight is 398 g/mol. The summed E-state index contributed by atoms with van der Waals surface area (Å²) in [5, 5.41) is 0. The first-order chi connectivity index (χ1) is 14.1. The molecule has 1 amide bonds. The molecule has 2 unspecified atom stereocenters. The minimum Gasteiger partial charge on any atom is -0.490 e. The Balaban J connectivity index is 1.54. The molecule has 5 nitrogen and oxygen atoms in total. The highest BCUT2D eigenvalue weighted by molar-refractivity contribution is 5.68. The Labute approximate surface area is 173 Å². The van der Waals surface area contributed by atoms with Crippen molar-refractivity contribution in [1.82, 2.24) is 4.90 Å². The van der Waals surface area contributed by atoms with E-state index in [1.54, 1.807) is 4.90 Å². The first-order valence-electron chi connectivity index (χ1n) is 10.4. The van der Waals surface area contributed by atoms with Crippen molar-refractivity contribution in [2.45, 2.75) is 58.8 Å². The number of rotatable bonds is 7. The Hall–Kier alpha value is -2.69. The van der Waals surface area contributed by atoms with Gasteiger partial charge in [0.1, 0.15) is 12.7 Å². The van der Waals surface area contributed by atoms with Crippen LogP contribution in [0.5, 0.6) is 11.5 Å². The molecule has 1 saturated heterocycles. The number of aryl methyl sites for hydroxylation is 1. The maximum atomic E-state index is 12.5. The van der Waals surface area contributed by atoms with E-state index in [-0.39, 0.29) is 18.2 Å². The lowest BCUT2D eigenvalue weighted by Gasteiger charge is -2.37. The van der Waals surface area contributed by atoms with E-state index in [0.29, 0.717) is 19.8 Å². The predicted molar refractivity (Wildman–Crippen MR) is 113 cm³/mol. The fourth-order valence-electron chi connectivity index (χ4n) is 3.53. The molecule has 0 N–H and O–H groups in total. The van der Waals surface area contributed by atoms with Gasteiger partial charge in [0.15, 0.2) is 11.5 Å². The van der Waals surface area contributed by atoms with Gasteiger partial charge < -0.3 is 19.1 Å². The number of carbonyl (C=O) groups excluding carboxylic acids is 1. The SMILES string of the molecule is CCCOc1cc(C)ccc1OC1CCN(C(=O)OCc2ccccc2)C(C)C1. The summed E-state index contributed by atoms with van der Waals surface area (Å²) in [7, 11) is 0. The van der Waals surface area contributed by atoms with Crippen LogP contribution in [0.4, 0.5) is 4.79 Å². The van der Waals surface area contributed by atoms with Gasteiger partial charge in [-0.2, -0.15) is 0 Å². The maximum Gasteiger partial charge on any atom is 0.410 e. The van der Waals surface area contributed by atoms with Crippen molar-refractivity contribution >= 4 is 6.09 Å². The average Bonchev–Trinajstić information content (AvgIpc) is 2.73. The van der Waals surface area contributed by atoms with E-state index in [1.165, 1.54) is 0 Å². The molecule has 1 heterocycles. The number of nitrogens with zero attached hydrogens (tertiary/aromatic N) is 1. The number of amides is 1. The van der Waals surface area contributed by atoms with Crippen LogP contribution in [-0.4, -0.2) is 36.3 Å².